The molecule has 1 aromatic heterocycles. The molecule has 0 fully saturated rings. The van der Waals surface area contributed by atoms with Crippen molar-refractivity contribution in [2.75, 3.05) is 18.7 Å². The van der Waals surface area contributed by atoms with Gasteiger partial charge in [0.1, 0.15) is 0 Å². The van der Waals surface area contributed by atoms with Gasteiger partial charge in [0.2, 0.25) is 6.79 Å². The van der Waals surface area contributed by atoms with Crippen molar-refractivity contribution in [3.8, 4) is 28.3 Å². The predicted molar refractivity (Wildman–Crippen MR) is 144 cm³/mol. The topological polar surface area (TPSA) is 120 Å². The molecule has 5 rings (SSSR count). The Balaban J connectivity index is 1.21. The van der Waals surface area contributed by atoms with Gasteiger partial charge in [-0.1, -0.05) is 12.1 Å². The Hall–Kier alpha value is -5.12. The zero-order valence-electron chi connectivity index (χ0n) is 20.8. The zero-order valence-corrected chi connectivity index (χ0v) is 20.8. The molecule has 0 aliphatic carbocycles. The first-order chi connectivity index (χ1) is 18.4. The van der Waals surface area contributed by atoms with Crippen LogP contribution in [0.15, 0.2) is 77.9 Å². The van der Waals surface area contributed by atoms with Crippen molar-refractivity contribution in [1.82, 2.24) is 9.99 Å². The third-order valence-electron chi connectivity index (χ3n) is 6.23. The molecule has 3 aromatic carbocycles. The number of amides is 1. The van der Waals surface area contributed by atoms with E-state index < -0.39 is 4.92 Å². The van der Waals surface area contributed by atoms with Crippen LogP contribution in [0.3, 0.4) is 0 Å². The van der Waals surface area contributed by atoms with Gasteiger partial charge in [-0.15, -0.1) is 0 Å². The van der Waals surface area contributed by atoms with Crippen LogP contribution in [0.5, 0.6) is 11.5 Å². The highest BCUT2D eigenvalue weighted by Gasteiger charge is 2.14. The molecular weight excluding hydrogens is 486 g/mol. The number of aromatic nitrogens is 1. The van der Waals surface area contributed by atoms with Gasteiger partial charge in [-0.25, -0.2) is 5.43 Å². The maximum atomic E-state index is 12.2. The fourth-order valence-corrected chi connectivity index (χ4v) is 4.30. The lowest BCUT2D eigenvalue weighted by molar-refractivity contribution is -0.384. The number of nitro groups is 1. The number of rotatable bonds is 8. The van der Waals surface area contributed by atoms with Gasteiger partial charge in [-0.05, 0) is 67.4 Å². The van der Waals surface area contributed by atoms with E-state index in [0.29, 0.717) is 11.5 Å². The van der Waals surface area contributed by atoms with Crippen LogP contribution in [0, 0.1) is 24.0 Å². The molecule has 0 radical (unpaired) electrons. The molecule has 2 N–H and O–H groups in total. The number of carbonyl (C=O) groups excluding carboxylic acids is 1. The van der Waals surface area contributed by atoms with Crippen molar-refractivity contribution in [3.63, 3.8) is 0 Å². The second kappa shape index (κ2) is 10.5. The molecule has 4 aromatic rings. The van der Waals surface area contributed by atoms with Crippen molar-refractivity contribution in [2.45, 2.75) is 13.8 Å². The van der Waals surface area contributed by atoms with Gasteiger partial charge in [0.05, 0.1) is 17.7 Å². The Morgan fingerprint density at radius 2 is 1.68 bits per heavy atom. The number of anilines is 1. The molecule has 0 saturated heterocycles. The summed E-state index contributed by atoms with van der Waals surface area (Å²) in [5.74, 6) is 1.04. The van der Waals surface area contributed by atoms with E-state index in [1.54, 1.807) is 30.5 Å². The van der Waals surface area contributed by atoms with Gasteiger partial charge in [0.15, 0.2) is 11.5 Å². The Morgan fingerprint density at radius 3 is 2.39 bits per heavy atom. The molecule has 1 amide bonds. The maximum absolute atomic E-state index is 12.2. The van der Waals surface area contributed by atoms with Crippen LogP contribution >= 0.6 is 0 Å². The smallest absolute Gasteiger partial charge is 0.269 e. The normalized spacial score (nSPS) is 12.1. The fraction of sp³-hybridized carbons (Fsp3) is 0.143. The summed E-state index contributed by atoms with van der Waals surface area (Å²) in [6, 6.07) is 21.8. The molecule has 0 unspecified atom stereocenters. The van der Waals surface area contributed by atoms with Gasteiger partial charge in [0.25, 0.3) is 11.6 Å². The average Bonchev–Trinajstić information content (AvgIpc) is 3.50. The minimum Gasteiger partial charge on any atom is -0.454 e. The maximum Gasteiger partial charge on any atom is 0.269 e. The van der Waals surface area contributed by atoms with Crippen LogP contribution in [0.25, 0.3) is 16.8 Å². The van der Waals surface area contributed by atoms with Crippen LogP contribution in [0.4, 0.5) is 11.4 Å². The number of nitro benzene ring substituents is 1. The van der Waals surface area contributed by atoms with Gasteiger partial charge in [-0.3, -0.25) is 14.9 Å². The molecule has 1 aliphatic rings. The monoisotopic (exact) mass is 511 g/mol. The van der Waals surface area contributed by atoms with Crippen LogP contribution in [-0.4, -0.2) is 34.9 Å². The summed E-state index contributed by atoms with van der Waals surface area (Å²) in [6.07, 6.45) is 1.63. The summed E-state index contributed by atoms with van der Waals surface area (Å²) in [5.41, 5.74) is 9.07. The third kappa shape index (κ3) is 5.19. The minimum atomic E-state index is -0.408. The van der Waals surface area contributed by atoms with E-state index in [9.17, 15) is 14.9 Å². The van der Waals surface area contributed by atoms with E-state index in [-0.39, 0.29) is 24.9 Å². The number of hydrogen-bond donors (Lipinski definition) is 2. The Morgan fingerprint density at radius 1 is 1.00 bits per heavy atom. The van der Waals surface area contributed by atoms with Crippen LogP contribution in [0.1, 0.15) is 17.0 Å². The molecule has 1 aliphatic heterocycles. The summed E-state index contributed by atoms with van der Waals surface area (Å²) >= 11 is 0. The first-order valence-corrected chi connectivity index (χ1v) is 11.9. The highest BCUT2D eigenvalue weighted by Crippen LogP contribution is 2.34. The number of benzene rings is 3. The molecule has 2 heterocycles. The lowest BCUT2D eigenvalue weighted by Gasteiger charge is -2.11. The van der Waals surface area contributed by atoms with Crippen LogP contribution < -0.4 is 20.2 Å². The number of ether oxygens (including phenoxy) is 2. The average molecular weight is 512 g/mol. The lowest BCUT2D eigenvalue weighted by atomic mass is 10.0. The third-order valence-corrected chi connectivity index (χ3v) is 6.23. The van der Waals surface area contributed by atoms with E-state index in [4.69, 9.17) is 9.47 Å². The molecular formula is C28H25N5O5. The molecule has 0 spiro atoms. The largest absolute Gasteiger partial charge is 0.454 e. The Kier molecular flexibility index (Phi) is 6.77. The highest BCUT2D eigenvalue weighted by atomic mass is 16.7. The number of carbonyl (C=O) groups is 1. The number of hydrazone groups is 1. The SMILES string of the molecule is Cc1cc(C=NNC(=O)CNc2ccc3c(c2)OCO3)c(C)n1-c1ccc(-c2ccc([N+](=O)[O-])cc2)cc1. The van der Waals surface area contributed by atoms with Crippen molar-refractivity contribution in [1.29, 1.82) is 0 Å². The number of aryl methyl sites for hydroxylation is 1. The summed E-state index contributed by atoms with van der Waals surface area (Å²) in [6.45, 7) is 4.24. The number of nitrogens with zero attached hydrogens (tertiary/aromatic N) is 3. The van der Waals surface area contributed by atoms with Gasteiger partial charge in [-0.2, -0.15) is 5.10 Å². The van der Waals surface area contributed by atoms with Crippen molar-refractivity contribution < 1.29 is 19.2 Å². The number of fused-ring (bicyclic) bond motifs is 1. The number of nitrogens with one attached hydrogen (secondary N) is 2. The predicted octanol–water partition coefficient (Wildman–Crippen LogP) is 4.96. The number of hydrogen-bond acceptors (Lipinski definition) is 7. The number of non-ortho nitro benzene ring substituents is 1. The van der Waals surface area contributed by atoms with Crippen LogP contribution in [-0.2, 0) is 4.79 Å². The molecule has 192 valence electrons. The Bertz CT molecular complexity index is 1520. The molecule has 0 atom stereocenters. The fourth-order valence-electron chi connectivity index (χ4n) is 4.30. The Labute approximate surface area is 218 Å². The molecule has 38 heavy (non-hydrogen) atoms. The van der Waals surface area contributed by atoms with E-state index in [1.807, 2.05) is 50.2 Å². The zero-order chi connectivity index (χ0) is 26.6. The van der Waals surface area contributed by atoms with Crippen LogP contribution in [0.2, 0.25) is 0 Å². The summed E-state index contributed by atoms with van der Waals surface area (Å²) < 4.78 is 12.7. The molecule has 0 saturated carbocycles. The van der Waals surface area contributed by atoms with Gasteiger partial charge in [0, 0.05) is 46.5 Å². The second-order valence-corrected chi connectivity index (χ2v) is 8.73. The van der Waals surface area contributed by atoms with Gasteiger partial charge >= 0.3 is 0 Å². The van der Waals surface area contributed by atoms with E-state index in [2.05, 4.69) is 20.4 Å². The van der Waals surface area contributed by atoms with E-state index in [1.165, 1.54) is 12.1 Å². The summed E-state index contributed by atoms with van der Waals surface area (Å²) in [4.78, 5) is 22.7. The minimum absolute atomic E-state index is 0.0527. The molecule has 10 nitrogen and oxygen atoms in total. The quantitative estimate of drug-likeness (QED) is 0.196. The first kappa shape index (κ1) is 24.6. The van der Waals surface area contributed by atoms with Crippen molar-refractivity contribution >= 4 is 23.5 Å². The van der Waals surface area contributed by atoms with Gasteiger partial charge < -0.3 is 19.4 Å². The van der Waals surface area contributed by atoms with E-state index >= 15 is 0 Å². The van der Waals surface area contributed by atoms with E-state index in [0.717, 1.165) is 39.5 Å². The molecule has 0 bridgehead atoms. The highest BCUT2D eigenvalue weighted by molar-refractivity contribution is 5.85. The van der Waals surface area contributed by atoms with Crippen molar-refractivity contribution in [3.05, 3.63) is 99.9 Å². The summed E-state index contributed by atoms with van der Waals surface area (Å²) in [7, 11) is 0. The van der Waals surface area contributed by atoms with Crippen molar-refractivity contribution in [2.24, 2.45) is 5.10 Å². The summed E-state index contributed by atoms with van der Waals surface area (Å²) in [5, 5.41) is 18.1. The second-order valence-electron chi connectivity index (χ2n) is 8.73. The first-order valence-electron chi connectivity index (χ1n) is 11.9. The molecule has 10 heteroatoms. The lowest BCUT2D eigenvalue weighted by Crippen LogP contribution is -2.25. The standard InChI is InChI=1S/C28H25N5O5/c1-18-13-22(15-30-31-28(34)16-29-23-7-12-26-27(14-23)38-17-37-26)19(2)32(18)24-8-3-20(4-9-24)21-5-10-25(11-6-21)33(35)36/h3-15,29H,16-17H2,1-2H3,(H,31,34).